The fraction of sp³-hybridized carbons (Fsp3) is 0.714. The van der Waals surface area contributed by atoms with Gasteiger partial charge in [0.2, 0.25) is 11.4 Å². The van der Waals surface area contributed by atoms with Crippen LogP contribution in [0.2, 0.25) is 0 Å². The number of likely N-dealkylation sites (N-methyl/N-ethyl adjacent to an activating group) is 1. The van der Waals surface area contributed by atoms with Gasteiger partial charge in [-0.2, -0.15) is 0 Å². The molecular weight excluding hydrogens is 430 g/mol. The van der Waals surface area contributed by atoms with Crippen LogP contribution in [-0.4, -0.2) is 83.1 Å². The molecule has 2 bridgehead atoms. The van der Waals surface area contributed by atoms with E-state index in [1.807, 2.05) is 11.9 Å². The zero-order valence-corrected chi connectivity index (χ0v) is 19.2. The van der Waals surface area contributed by atoms with Gasteiger partial charge in [-0.05, 0) is 27.3 Å². The Labute approximate surface area is 186 Å². The molecule has 2 rings (SSSR count). The van der Waals surface area contributed by atoms with Crippen molar-refractivity contribution in [3.63, 3.8) is 0 Å². The number of rotatable bonds is 2. The summed E-state index contributed by atoms with van der Waals surface area (Å²) in [5.74, 6) is -4.09. The van der Waals surface area contributed by atoms with Crippen molar-refractivity contribution in [1.82, 2.24) is 4.90 Å². The third-order valence-corrected chi connectivity index (χ3v) is 6.33. The van der Waals surface area contributed by atoms with Gasteiger partial charge >= 0.3 is 17.9 Å². The van der Waals surface area contributed by atoms with E-state index in [2.05, 4.69) is 0 Å². The SMILES string of the molecule is CC(=O)O[C@@]1(C)C(=O)OC/C2=C/CN(C)CC[C@@H](OC(=O)[C@](O)([C@@H](C)Cl)C[C@H]1C)C2=O. The van der Waals surface area contributed by atoms with Crippen LogP contribution >= 0.6 is 11.6 Å². The average molecular weight is 460 g/mol. The largest absolute Gasteiger partial charge is 0.458 e. The van der Waals surface area contributed by atoms with E-state index in [0.717, 1.165) is 6.92 Å². The molecule has 10 heteroatoms. The standard InChI is InChI=1S/C21H30ClNO8/c1-12-10-21(28,13(2)22)19(27)30-16-7-9-23(5)8-6-15(17(16)25)11-29-18(26)20(12,4)31-14(3)24/h6,12-13,16,28H,7-11H2,1-5H3/b15-6-/t12-,13-,16-,20-,21-/m1/s1. The monoisotopic (exact) mass is 459 g/mol. The highest BCUT2D eigenvalue weighted by Crippen LogP contribution is 2.35. The Hall–Kier alpha value is -1.97. The molecule has 1 fully saturated rings. The lowest BCUT2D eigenvalue weighted by molar-refractivity contribution is -0.192. The van der Waals surface area contributed by atoms with E-state index in [1.165, 1.54) is 20.8 Å². The Kier molecular flexibility index (Phi) is 7.89. The molecule has 0 aromatic heterocycles. The normalized spacial score (nSPS) is 36.4. The summed E-state index contributed by atoms with van der Waals surface area (Å²) < 4.78 is 16.1. The summed E-state index contributed by atoms with van der Waals surface area (Å²) in [7, 11) is 1.83. The number of carbonyl (C=O) groups excluding carboxylic acids is 4. The van der Waals surface area contributed by atoms with E-state index in [-0.39, 0.29) is 25.0 Å². The first-order valence-corrected chi connectivity index (χ1v) is 10.6. The molecule has 0 unspecified atom stereocenters. The summed E-state index contributed by atoms with van der Waals surface area (Å²) in [5.41, 5.74) is -3.91. The molecule has 31 heavy (non-hydrogen) atoms. The average Bonchev–Trinajstić information content (AvgIpc) is 2.67. The molecule has 0 aromatic carbocycles. The first kappa shape index (κ1) is 25.3. The molecule has 174 valence electrons. The number of halogens is 1. The highest BCUT2D eigenvalue weighted by molar-refractivity contribution is 6.23. The maximum absolute atomic E-state index is 13.0. The van der Waals surface area contributed by atoms with E-state index in [4.69, 9.17) is 25.8 Å². The number of hydrogen-bond donors (Lipinski definition) is 1. The summed E-state index contributed by atoms with van der Waals surface area (Å²) >= 11 is 6.16. The molecule has 1 N–H and O–H groups in total. The lowest BCUT2D eigenvalue weighted by Crippen LogP contribution is -2.56. The van der Waals surface area contributed by atoms with Gasteiger partial charge < -0.3 is 24.2 Å². The van der Waals surface area contributed by atoms with Crippen molar-refractivity contribution in [2.24, 2.45) is 5.92 Å². The fourth-order valence-corrected chi connectivity index (χ4v) is 3.78. The predicted octanol–water partition coefficient (Wildman–Crippen LogP) is 0.992. The molecule has 5 atom stereocenters. The quantitative estimate of drug-likeness (QED) is 0.366. The molecule has 0 aliphatic carbocycles. The predicted molar refractivity (Wildman–Crippen MR) is 110 cm³/mol. The van der Waals surface area contributed by atoms with Crippen LogP contribution < -0.4 is 0 Å². The zero-order valence-electron chi connectivity index (χ0n) is 18.5. The van der Waals surface area contributed by atoms with Gasteiger partial charge in [0.05, 0.1) is 5.38 Å². The van der Waals surface area contributed by atoms with Crippen molar-refractivity contribution in [3.05, 3.63) is 11.6 Å². The number of carbonyl (C=O) groups is 4. The molecular formula is C21H30ClNO8. The second-order valence-electron chi connectivity index (χ2n) is 8.46. The Morgan fingerprint density at radius 2 is 2.00 bits per heavy atom. The fourth-order valence-electron chi connectivity index (χ4n) is 3.61. The topological polar surface area (TPSA) is 119 Å². The second kappa shape index (κ2) is 9.67. The van der Waals surface area contributed by atoms with Gasteiger partial charge in [-0.15, -0.1) is 11.6 Å². The second-order valence-corrected chi connectivity index (χ2v) is 9.12. The van der Waals surface area contributed by atoms with Crippen molar-refractivity contribution in [2.45, 2.75) is 63.2 Å². The number of cyclic esters (lactones) is 1. The van der Waals surface area contributed by atoms with Crippen molar-refractivity contribution in [3.8, 4) is 0 Å². The molecule has 2 heterocycles. The van der Waals surface area contributed by atoms with E-state index in [1.54, 1.807) is 6.08 Å². The van der Waals surface area contributed by atoms with Gasteiger partial charge in [-0.3, -0.25) is 9.59 Å². The summed E-state index contributed by atoms with van der Waals surface area (Å²) in [4.78, 5) is 52.6. The number of ether oxygens (including phenoxy) is 3. The first-order valence-electron chi connectivity index (χ1n) is 10.2. The lowest BCUT2D eigenvalue weighted by atomic mass is 9.79. The van der Waals surface area contributed by atoms with Crippen molar-refractivity contribution in [1.29, 1.82) is 0 Å². The number of fused-ring (bicyclic) bond motifs is 2. The molecule has 0 amide bonds. The smallest absolute Gasteiger partial charge is 0.350 e. The van der Waals surface area contributed by atoms with Crippen LogP contribution in [0.5, 0.6) is 0 Å². The molecule has 2 aliphatic heterocycles. The van der Waals surface area contributed by atoms with Gasteiger partial charge in [-0.25, -0.2) is 9.59 Å². The Balaban J connectivity index is 2.56. The highest BCUT2D eigenvalue weighted by Gasteiger charge is 2.52. The summed E-state index contributed by atoms with van der Waals surface area (Å²) in [6, 6.07) is 0. The van der Waals surface area contributed by atoms with Crippen LogP contribution in [0.3, 0.4) is 0 Å². The van der Waals surface area contributed by atoms with Gasteiger partial charge in [0.1, 0.15) is 6.61 Å². The molecule has 0 radical (unpaired) electrons. The Bertz CT molecular complexity index is 781. The van der Waals surface area contributed by atoms with Crippen LogP contribution in [0.4, 0.5) is 0 Å². The minimum absolute atomic E-state index is 0.151. The summed E-state index contributed by atoms with van der Waals surface area (Å²) in [6.07, 6.45) is 0.292. The minimum atomic E-state index is -2.24. The maximum atomic E-state index is 13.0. The van der Waals surface area contributed by atoms with Gasteiger partial charge in [0.15, 0.2) is 11.7 Å². The summed E-state index contributed by atoms with van der Waals surface area (Å²) in [5, 5.41) is 10.0. The summed E-state index contributed by atoms with van der Waals surface area (Å²) in [6.45, 7) is 5.95. The third-order valence-electron chi connectivity index (χ3n) is 5.97. The van der Waals surface area contributed by atoms with E-state index < -0.39 is 52.3 Å². The van der Waals surface area contributed by atoms with Crippen LogP contribution in [0.25, 0.3) is 0 Å². The number of aliphatic hydroxyl groups is 1. The van der Waals surface area contributed by atoms with Crippen LogP contribution in [0, 0.1) is 5.92 Å². The van der Waals surface area contributed by atoms with Crippen LogP contribution in [0.15, 0.2) is 11.6 Å². The number of nitrogens with zero attached hydrogens (tertiary/aromatic N) is 1. The van der Waals surface area contributed by atoms with Gasteiger partial charge in [0, 0.05) is 37.9 Å². The highest BCUT2D eigenvalue weighted by atomic mass is 35.5. The number of hydrogen-bond acceptors (Lipinski definition) is 9. The van der Waals surface area contributed by atoms with Crippen LogP contribution in [0.1, 0.15) is 40.5 Å². The molecule has 0 aromatic rings. The van der Waals surface area contributed by atoms with Crippen molar-refractivity contribution >= 4 is 35.3 Å². The van der Waals surface area contributed by atoms with Gasteiger partial charge in [0.25, 0.3) is 0 Å². The van der Waals surface area contributed by atoms with E-state index in [0.29, 0.717) is 13.1 Å². The molecule has 2 aliphatic rings. The molecule has 1 saturated heterocycles. The molecule has 0 spiro atoms. The molecule has 9 nitrogen and oxygen atoms in total. The number of Topliss-reactive ketones (excluding diaryl/α,β-unsaturated/α-hetero) is 1. The number of ketones is 1. The first-order chi connectivity index (χ1) is 14.3. The van der Waals surface area contributed by atoms with Crippen molar-refractivity contribution in [2.75, 3.05) is 26.7 Å². The van der Waals surface area contributed by atoms with E-state index >= 15 is 0 Å². The lowest BCUT2D eigenvalue weighted by Gasteiger charge is -2.39. The van der Waals surface area contributed by atoms with Crippen LogP contribution in [-0.2, 0) is 33.4 Å². The Morgan fingerprint density at radius 3 is 2.58 bits per heavy atom. The zero-order chi connectivity index (χ0) is 23.6. The number of alkyl halides is 1. The third kappa shape index (κ3) is 5.45. The molecule has 0 saturated carbocycles. The minimum Gasteiger partial charge on any atom is -0.458 e. The Morgan fingerprint density at radius 1 is 1.35 bits per heavy atom. The number of esters is 3. The maximum Gasteiger partial charge on any atom is 0.350 e. The van der Waals surface area contributed by atoms with Crippen molar-refractivity contribution < 1.29 is 38.5 Å². The van der Waals surface area contributed by atoms with E-state index in [9.17, 15) is 24.3 Å². The van der Waals surface area contributed by atoms with Gasteiger partial charge in [-0.1, -0.05) is 13.0 Å².